The third-order valence-corrected chi connectivity index (χ3v) is 5.70. The zero-order valence-electron chi connectivity index (χ0n) is 12.1. The highest BCUT2D eigenvalue weighted by molar-refractivity contribution is 9.10. The van der Waals surface area contributed by atoms with Gasteiger partial charge in [-0.3, -0.25) is 9.97 Å². The molecule has 1 unspecified atom stereocenters. The number of aromatic nitrogens is 2. The van der Waals surface area contributed by atoms with Crippen molar-refractivity contribution in [3.63, 3.8) is 0 Å². The van der Waals surface area contributed by atoms with Gasteiger partial charge in [0.2, 0.25) is 0 Å². The SMILES string of the molecule is Brc1cncc2c(N3CCC3CC3CCCC3)ccnc12. The fraction of sp³-hybridized carbons (Fsp3) is 0.529. The summed E-state index contributed by atoms with van der Waals surface area (Å²) in [6.45, 7) is 1.17. The molecule has 1 atom stereocenters. The standard InChI is InChI=1S/C17H20BrN3/c18-15-11-19-10-14-16(5-7-20-17(14)15)21-8-6-13(21)9-12-3-1-2-4-12/h5,7,10-13H,1-4,6,8-9H2. The quantitative estimate of drug-likeness (QED) is 0.816. The van der Waals surface area contributed by atoms with Gasteiger partial charge in [-0.25, -0.2) is 0 Å². The fourth-order valence-electron chi connectivity index (χ4n) is 3.90. The third kappa shape index (κ3) is 2.44. The van der Waals surface area contributed by atoms with E-state index in [1.807, 2.05) is 18.6 Å². The highest BCUT2D eigenvalue weighted by Crippen LogP contribution is 2.38. The number of anilines is 1. The molecule has 1 aliphatic heterocycles. The number of halogens is 1. The van der Waals surface area contributed by atoms with Crippen molar-refractivity contribution in [2.24, 2.45) is 5.92 Å². The van der Waals surface area contributed by atoms with Crippen LogP contribution >= 0.6 is 15.9 Å². The fourth-order valence-corrected chi connectivity index (χ4v) is 4.34. The molecular formula is C17H20BrN3. The van der Waals surface area contributed by atoms with Crippen molar-refractivity contribution in [3.05, 3.63) is 29.1 Å². The molecule has 1 saturated heterocycles. The first-order chi connectivity index (χ1) is 10.3. The van der Waals surface area contributed by atoms with Gasteiger partial charge >= 0.3 is 0 Å². The van der Waals surface area contributed by atoms with Gasteiger partial charge < -0.3 is 4.90 Å². The first kappa shape index (κ1) is 13.5. The Morgan fingerprint density at radius 2 is 2.05 bits per heavy atom. The summed E-state index contributed by atoms with van der Waals surface area (Å²) in [7, 11) is 0. The average molecular weight is 346 g/mol. The first-order valence-electron chi connectivity index (χ1n) is 7.98. The maximum atomic E-state index is 4.50. The molecule has 3 heterocycles. The van der Waals surface area contributed by atoms with Crippen LogP contribution < -0.4 is 4.90 Å². The van der Waals surface area contributed by atoms with Gasteiger partial charge in [-0.2, -0.15) is 0 Å². The van der Waals surface area contributed by atoms with Crippen LogP contribution in [0.1, 0.15) is 38.5 Å². The molecular weight excluding hydrogens is 326 g/mol. The van der Waals surface area contributed by atoms with Gasteiger partial charge in [-0.1, -0.05) is 25.7 Å². The van der Waals surface area contributed by atoms with Crippen LogP contribution in [0.2, 0.25) is 0 Å². The Labute approximate surface area is 133 Å². The van der Waals surface area contributed by atoms with Gasteiger partial charge in [0.05, 0.1) is 9.99 Å². The molecule has 1 aliphatic carbocycles. The lowest BCUT2D eigenvalue weighted by Gasteiger charge is -2.44. The van der Waals surface area contributed by atoms with E-state index in [0.717, 1.165) is 21.9 Å². The van der Waals surface area contributed by atoms with Gasteiger partial charge in [0, 0.05) is 42.3 Å². The summed E-state index contributed by atoms with van der Waals surface area (Å²) >= 11 is 3.56. The van der Waals surface area contributed by atoms with Crippen molar-refractivity contribution >= 4 is 32.5 Å². The second-order valence-corrected chi connectivity index (χ2v) is 7.22. The predicted octanol–water partition coefficient (Wildman–Crippen LogP) is 4.55. The predicted molar refractivity (Wildman–Crippen MR) is 89.6 cm³/mol. The Bertz CT molecular complexity index is 652. The molecule has 2 aromatic heterocycles. The van der Waals surface area contributed by atoms with Crippen LogP contribution in [-0.4, -0.2) is 22.6 Å². The molecule has 0 spiro atoms. The van der Waals surface area contributed by atoms with E-state index in [0.29, 0.717) is 0 Å². The van der Waals surface area contributed by atoms with Gasteiger partial charge in [0.25, 0.3) is 0 Å². The molecule has 0 bridgehead atoms. The highest BCUT2D eigenvalue weighted by Gasteiger charge is 2.32. The Balaban J connectivity index is 1.62. The molecule has 1 saturated carbocycles. The van der Waals surface area contributed by atoms with E-state index >= 15 is 0 Å². The summed E-state index contributed by atoms with van der Waals surface area (Å²) in [6, 6.07) is 2.87. The monoisotopic (exact) mass is 345 g/mol. The van der Waals surface area contributed by atoms with Crippen molar-refractivity contribution in [2.75, 3.05) is 11.4 Å². The molecule has 0 N–H and O–H groups in total. The molecule has 2 aliphatic rings. The van der Waals surface area contributed by atoms with E-state index in [1.54, 1.807) is 0 Å². The number of rotatable bonds is 3. The minimum absolute atomic E-state index is 0.720. The van der Waals surface area contributed by atoms with Crippen molar-refractivity contribution in [1.82, 2.24) is 9.97 Å². The van der Waals surface area contributed by atoms with E-state index in [4.69, 9.17) is 0 Å². The lowest BCUT2D eigenvalue weighted by atomic mass is 9.90. The Morgan fingerprint density at radius 3 is 2.81 bits per heavy atom. The molecule has 2 aromatic rings. The van der Waals surface area contributed by atoms with Crippen LogP contribution in [0.25, 0.3) is 10.9 Å². The summed E-state index contributed by atoms with van der Waals surface area (Å²) < 4.78 is 0.981. The Kier molecular flexibility index (Phi) is 3.57. The number of fused-ring (bicyclic) bond motifs is 1. The first-order valence-corrected chi connectivity index (χ1v) is 8.77. The zero-order valence-corrected chi connectivity index (χ0v) is 13.7. The zero-order chi connectivity index (χ0) is 14.2. The average Bonchev–Trinajstić information content (AvgIpc) is 2.98. The minimum atomic E-state index is 0.720. The van der Waals surface area contributed by atoms with Gasteiger partial charge in [0.1, 0.15) is 0 Å². The van der Waals surface area contributed by atoms with E-state index in [1.165, 1.54) is 56.1 Å². The molecule has 0 radical (unpaired) electrons. The molecule has 2 fully saturated rings. The van der Waals surface area contributed by atoms with Crippen molar-refractivity contribution in [2.45, 2.75) is 44.6 Å². The maximum absolute atomic E-state index is 4.50. The minimum Gasteiger partial charge on any atom is -0.368 e. The van der Waals surface area contributed by atoms with Gasteiger partial charge in [-0.05, 0) is 40.8 Å². The largest absolute Gasteiger partial charge is 0.368 e. The lowest BCUT2D eigenvalue weighted by molar-refractivity contribution is 0.351. The highest BCUT2D eigenvalue weighted by atomic mass is 79.9. The van der Waals surface area contributed by atoms with E-state index in [9.17, 15) is 0 Å². The van der Waals surface area contributed by atoms with E-state index in [2.05, 4.69) is 36.9 Å². The van der Waals surface area contributed by atoms with Crippen LogP contribution in [0.3, 0.4) is 0 Å². The second kappa shape index (κ2) is 5.56. The topological polar surface area (TPSA) is 29.0 Å². The third-order valence-electron chi connectivity index (χ3n) is 5.12. The van der Waals surface area contributed by atoms with E-state index in [-0.39, 0.29) is 0 Å². The van der Waals surface area contributed by atoms with Crippen LogP contribution in [0.4, 0.5) is 5.69 Å². The molecule has 110 valence electrons. The van der Waals surface area contributed by atoms with Crippen LogP contribution in [-0.2, 0) is 0 Å². The Morgan fingerprint density at radius 1 is 1.19 bits per heavy atom. The van der Waals surface area contributed by atoms with Gasteiger partial charge in [-0.15, -0.1) is 0 Å². The molecule has 3 nitrogen and oxygen atoms in total. The number of hydrogen-bond donors (Lipinski definition) is 0. The molecule has 4 heteroatoms. The summed E-state index contributed by atoms with van der Waals surface area (Å²) in [5, 5.41) is 1.17. The van der Waals surface area contributed by atoms with Crippen LogP contribution in [0.15, 0.2) is 29.1 Å². The second-order valence-electron chi connectivity index (χ2n) is 6.37. The van der Waals surface area contributed by atoms with Crippen molar-refractivity contribution in [3.8, 4) is 0 Å². The maximum Gasteiger partial charge on any atom is 0.0895 e. The lowest BCUT2D eigenvalue weighted by Crippen LogP contribution is -2.48. The van der Waals surface area contributed by atoms with Crippen LogP contribution in [0.5, 0.6) is 0 Å². The Hall–Kier alpha value is -1.16. The molecule has 4 rings (SSSR count). The molecule has 21 heavy (non-hydrogen) atoms. The van der Waals surface area contributed by atoms with E-state index < -0.39 is 0 Å². The van der Waals surface area contributed by atoms with Gasteiger partial charge in [0.15, 0.2) is 0 Å². The number of nitrogens with zero attached hydrogens (tertiary/aromatic N) is 3. The molecule has 0 aromatic carbocycles. The normalized spacial score (nSPS) is 22.7. The summed E-state index contributed by atoms with van der Waals surface area (Å²) in [6.07, 6.45) is 14.2. The number of pyridine rings is 2. The van der Waals surface area contributed by atoms with Crippen molar-refractivity contribution in [1.29, 1.82) is 0 Å². The molecule has 0 amide bonds. The summed E-state index contributed by atoms with van der Waals surface area (Å²) in [5.74, 6) is 0.954. The number of hydrogen-bond acceptors (Lipinski definition) is 3. The van der Waals surface area contributed by atoms with Crippen LogP contribution in [0, 0.1) is 5.92 Å². The summed E-state index contributed by atoms with van der Waals surface area (Å²) in [5.41, 5.74) is 2.33. The smallest absolute Gasteiger partial charge is 0.0895 e. The van der Waals surface area contributed by atoms with Crippen molar-refractivity contribution < 1.29 is 0 Å². The summed E-state index contributed by atoms with van der Waals surface area (Å²) in [4.78, 5) is 11.4.